The van der Waals surface area contributed by atoms with Crippen LogP contribution < -0.4 is 4.74 Å². The van der Waals surface area contributed by atoms with E-state index in [0.29, 0.717) is 0 Å². The highest BCUT2D eigenvalue weighted by Crippen LogP contribution is 2.42. The van der Waals surface area contributed by atoms with Crippen molar-refractivity contribution in [2.75, 3.05) is 0 Å². The fourth-order valence-electron chi connectivity index (χ4n) is 2.86. The summed E-state index contributed by atoms with van der Waals surface area (Å²) in [5.74, 6) is 1.08. The van der Waals surface area contributed by atoms with Crippen LogP contribution in [0.3, 0.4) is 0 Å². The van der Waals surface area contributed by atoms with Gasteiger partial charge in [0.25, 0.3) is 0 Å². The Morgan fingerprint density at radius 2 is 1.94 bits per heavy atom. The number of ether oxygens (including phenoxy) is 1. The predicted octanol–water partition coefficient (Wildman–Crippen LogP) is 5.10. The maximum Gasteiger partial charge on any atom is 0.124 e. The van der Waals surface area contributed by atoms with E-state index in [4.69, 9.17) is 4.74 Å². The Labute approximate surface area is 116 Å². The van der Waals surface area contributed by atoms with E-state index < -0.39 is 0 Å². The van der Waals surface area contributed by atoms with Crippen molar-refractivity contribution >= 4 is 26.7 Å². The molecule has 0 saturated heterocycles. The molecule has 94 valence electrons. The Hall–Kier alpha value is -1.02. The largest absolute Gasteiger partial charge is 0.487 e. The average Bonchev–Trinajstić information content (AvgIpc) is 2.78. The number of rotatable bonds is 2. The molecule has 0 bridgehead atoms. The van der Waals surface area contributed by atoms with Crippen LogP contribution in [0, 0.1) is 0 Å². The molecule has 1 nitrogen and oxygen atoms in total. The maximum absolute atomic E-state index is 6.22. The minimum atomic E-state index is 0.0175. The van der Waals surface area contributed by atoms with Crippen LogP contribution in [-0.2, 0) is 6.42 Å². The lowest BCUT2D eigenvalue weighted by Gasteiger charge is -2.25. The van der Waals surface area contributed by atoms with E-state index in [9.17, 15) is 0 Å². The van der Waals surface area contributed by atoms with Crippen LogP contribution in [0.25, 0.3) is 10.8 Å². The molecule has 0 saturated carbocycles. The van der Waals surface area contributed by atoms with E-state index >= 15 is 0 Å². The lowest BCUT2D eigenvalue weighted by molar-refractivity contribution is 0.0858. The van der Waals surface area contributed by atoms with Gasteiger partial charge >= 0.3 is 0 Å². The average molecular weight is 305 g/mol. The summed E-state index contributed by atoms with van der Waals surface area (Å²) in [6.07, 6.45) is 3.17. The Morgan fingerprint density at radius 1 is 1.17 bits per heavy atom. The molecule has 0 aromatic heterocycles. The Balaban J connectivity index is 2.16. The molecule has 0 aliphatic carbocycles. The Bertz CT molecular complexity index is 599. The zero-order valence-corrected chi connectivity index (χ0v) is 12.4. The van der Waals surface area contributed by atoms with Crippen LogP contribution in [-0.4, -0.2) is 5.60 Å². The smallest absolute Gasteiger partial charge is 0.124 e. The SMILES string of the molecule is CCC1(CC)Cc2c(ccc3cc(Br)ccc23)O1. The molecule has 2 aromatic rings. The van der Waals surface area contributed by atoms with Gasteiger partial charge in [0.1, 0.15) is 11.4 Å². The minimum Gasteiger partial charge on any atom is -0.487 e. The molecule has 1 aliphatic rings. The molecular formula is C16H17BrO. The summed E-state index contributed by atoms with van der Waals surface area (Å²) in [5.41, 5.74) is 1.40. The van der Waals surface area contributed by atoms with E-state index in [2.05, 4.69) is 60.1 Å². The van der Waals surface area contributed by atoms with Gasteiger partial charge in [0.15, 0.2) is 0 Å². The number of hydrogen-bond acceptors (Lipinski definition) is 1. The van der Waals surface area contributed by atoms with Crippen molar-refractivity contribution in [3.63, 3.8) is 0 Å². The fraction of sp³-hybridized carbons (Fsp3) is 0.375. The number of benzene rings is 2. The molecular weight excluding hydrogens is 288 g/mol. The van der Waals surface area contributed by atoms with Crippen molar-refractivity contribution in [1.29, 1.82) is 0 Å². The van der Waals surface area contributed by atoms with Crippen LogP contribution in [0.2, 0.25) is 0 Å². The van der Waals surface area contributed by atoms with E-state index in [1.807, 2.05) is 0 Å². The molecule has 2 aromatic carbocycles. The quantitative estimate of drug-likeness (QED) is 0.750. The van der Waals surface area contributed by atoms with Crippen LogP contribution in [0.4, 0.5) is 0 Å². The highest BCUT2D eigenvalue weighted by Gasteiger charge is 2.36. The zero-order chi connectivity index (χ0) is 12.8. The van der Waals surface area contributed by atoms with E-state index in [-0.39, 0.29) is 5.60 Å². The second-order valence-electron chi connectivity index (χ2n) is 5.08. The minimum absolute atomic E-state index is 0.0175. The summed E-state index contributed by atoms with van der Waals surface area (Å²) in [5, 5.41) is 2.62. The van der Waals surface area contributed by atoms with Gasteiger partial charge in [-0.25, -0.2) is 0 Å². The predicted molar refractivity (Wildman–Crippen MR) is 79.3 cm³/mol. The first-order valence-corrected chi connectivity index (χ1v) is 7.37. The molecule has 0 unspecified atom stereocenters. The van der Waals surface area contributed by atoms with Gasteiger partial charge in [0, 0.05) is 16.5 Å². The summed E-state index contributed by atoms with van der Waals surface area (Å²) in [6.45, 7) is 4.43. The molecule has 3 rings (SSSR count). The van der Waals surface area contributed by atoms with Gasteiger partial charge in [0.2, 0.25) is 0 Å². The highest BCUT2D eigenvalue weighted by atomic mass is 79.9. The van der Waals surface area contributed by atoms with E-state index in [1.165, 1.54) is 16.3 Å². The van der Waals surface area contributed by atoms with Crippen molar-refractivity contribution < 1.29 is 4.74 Å². The van der Waals surface area contributed by atoms with Crippen molar-refractivity contribution in [2.24, 2.45) is 0 Å². The first kappa shape index (κ1) is 12.0. The molecule has 2 heteroatoms. The van der Waals surface area contributed by atoms with Crippen molar-refractivity contribution in [3.05, 3.63) is 40.4 Å². The van der Waals surface area contributed by atoms with Crippen LogP contribution in [0.15, 0.2) is 34.8 Å². The van der Waals surface area contributed by atoms with Gasteiger partial charge in [0.05, 0.1) is 0 Å². The second-order valence-corrected chi connectivity index (χ2v) is 5.99. The second kappa shape index (κ2) is 4.27. The molecule has 18 heavy (non-hydrogen) atoms. The maximum atomic E-state index is 6.22. The summed E-state index contributed by atoms with van der Waals surface area (Å²) >= 11 is 3.53. The topological polar surface area (TPSA) is 9.23 Å². The molecule has 0 atom stereocenters. The van der Waals surface area contributed by atoms with Crippen molar-refractivity contribution in [3.8, 4) is 5.75 Å². The first-order chi connectivity index (χ1) is 8.67. The van der Waals surface area contributed by atoms with Gasteiger partial charge in [-0.15, -0.1) is 0 Å². The fourth-order valence-corrected chi connectivity index (χ4v) is 3.24. The number of fused-ring (bicyclic) bond motifs is 3. The molecule has 0 amide bonds. The monoisotopic (exact) mass is 304 g/mol. The van der Waals surface area contributed by atoms with Gasteiger partial charge in [-0.1, -0.05) is 41.9 Å². The summed E-state index contributed by atoms with van der Waals surface area (Å²) in [7, 11) is 0. The molecule has 1 heterocycles. The third-order valence-electron chi connectivity index (χ3n) is 4.16. The van der Waals surface area contributed by atoms with Crippen LogP contribution >= 0.6 is 15.9 Å². The van der Waals surface area contributed by atoms with Crippen LogP contribution in [0.5, 0.6) is 5.75 Å². The highest BCUT2D eigenvalue weighted by molar-refractivity contribution is 9.10. The summed E-state index contributed by atoms with van der Waals surface area (Å²) in [4.78, 5) is 0. The Morgan fingerprint density at radius 3 is 2.67 bits per heavy atom. The first-order valence-electron chi connectivity index (χ1n) is 6.57. The van der Waals surface area contributed by atoms with Gasteiger partial charge in [-0.2, -0.15) is 0 Å². The number of hydrogen-bond donors (Lipinski definition) is 0. The third-order valence-corrected chi connectivity index (χ3v) is 4.66. The molecule has 0 fully saturated rings. The molecule has 0 spiro atoms. The van der Waals surface area contributed by atoms with Crippen molar-refractivity contribution in [1.82, 2.24) is 0 Å². The third kappa shape index (κ3) is 1.74. The lowest BCUT2D eigenvalue weighted by Crippen LogP contribution is -2.32. The van der Waals surface area contributed by atoms with E-state index in [0.717, 1.165) is 29.5 Å². The molecule has 0 radical (unpaired) electrons. The van der Waals surface area contributed by atoms with Crippen molar-refractivity contribution in [2.45, 2.75) is 38.7 Å². The summed E-state index contributed by atoms with van der Waals surface area (Å²) < 4.78 is 7.35. The van der Waals surface area contributed by atoms with Gasteiger partial charge in [-0.3, -0.25) is 0 Å². The summed E-state index contributed by atoms with van der Waals surface area (Å²) in [6, 6.07) is 10.8. The Kier molecular flexibility index (Phi) is 2.86. The number of halogens is 1. The molecule has 1 aliphatic heterocycles. The standard InChI is InChI=1S/C16H17BrO/c1-3-16(4-2)10-14-13-7-6-12(17)9-11(13)5-8-15(14)18-16/h5-9H,3-4,10H2,1-2H3. The normalized spacial score (nSPS) is 16.6. The van der Waals surface area contributed by atoms with E-state index in [1.54, 1.807) is 0 Å². The zero-order valence-electron chi connectivity index (χ0n) is 10.8. The van der Waals surface area contributed by atoms with Gasteiger partial charge < -0.3 is 4.74 Å². The molecule has 0 N–H and O–H groups in total. The lowest BCUT2D eigenvalue weighted by atomic mass is 9.90. The van der Waals surface area contributed by atoms with Gasteiger partial charge in [-0.05, 0) is 41.8 Å². The van der Waals surface area contributed by atoms with Crippen LogP contribution in [0.1, 0.15) is 32.3 Å².